The van der Waals surface area contributed by atoms with Crippen LogP contribution in [0.5, 0.6) is 0 Å². The van der Waals surface area contributed by atoms with Gasteiger partial charge in [0.15, 0.2) is 0 Å². The highest BCUT2D eigenvalue weighted by Gasteiger charge is 2.00. The zero-order valence-electron chi connectivity index (χ0n) is 12.7. The van der Waals surface area contributed by atoms with E-state index in [0.717, 1.165) is 18.5 Å². The average Bonchev–Trinajstić information content (AvgIpc) is 2.49. The summed E-state index contributed by atoms with van der Waals surface area (Å²) in [6.07, 6.45) is 7.72. The Balaban J connectivity index is 1.93. The van der Waals surface area contributed by atoms with Crippen LogP contribution in [0.3, 0.4) is 0 Å². The molecule has 1 rings (SSSR count). The fraction of sp³-hybridized carbons (Fsp3) is 0.588. The summed E-state index contributed by atoms with van der Waals surface area (Å²) in [4.78, 5) is 11.6. The molecular weight excluding hydrogens is 248 g/mol. The van der Waals surface area contributed by atoms with E-state index in [0.29, 0.717) is 13.1 Å². The Hall–Kier alpha value is -1.35. The summed E-state index contributed by atoms with van der Waals surface area (Å²) < 4.78 is 0. The molecule has 20 heavy (non-hydrogen) atoms. The predicted molar refractivity (Wildman–Crippen MR) is 84.5 cm³/mol. The molecule has 1 amide bonds. The summed E-state index contributed by atoms with van der Waals surface area (Å²) in [7, 11) is 0. The summed E-state index contributed by atoms with van der Waals surface area (Å²) in [6.45, 7) is 4.20. The number of unbranched alkanes of at least 4 members (excludes halogenated alkanes) is 5. The van der Waals surface area contributed by atoms with Gasteiger partial charge in [-0.25, -0.2) is 0 Å². The second kappa shape index (κ2) is 11.5. The molecule has 0 fully saturated rings. The lowest BCUT2D eigenvalue weighted by atomic mass is 10.1. The molecule has 3 nitrogen and oxygen atoms in total. The quantitative estimate of drug-likeness (QED) is 0.609. The molecule has 0 aliphatic rings. The van der Waals surface area contributed by atoms with Gasteiger partial charge in [-0.3, -0.25) is 4.79 Å². The third-order valence-corrected chi connectivity index (χ3v) is 3.33. The van der Waals surface area contributed by atoms with Gasteiger partial charge < -0.3 is 10.6 Å². The second-order valence-electron chi connectivity index (χ2n) is 5.21. The zero-order chi connectivity index (χ0) is 14.5. The first kappa shape index (κ1) is 16.7. The second-order valence-corrected chi connectivity index (χ2v) is 5.21. The largest absolute Gasteiger partial charge is 0.351 e. The van der Waals surface area contributed by atoms with E-state index in [1.54, 1.807) is 0 Å². The maximum Gasteiger partial charge on any atom is 0.234 e. The molecule has 0 heterocycles. The molecule has 1 aromatic rings. The number of hydrogen-bond donors (Lipinski definition) is 2. The third-order valence-electron chi connectivity index (χ3n) is 3.33. The molecule has 0 aliphatic heterocycles. The Labute approximate surface area is 123 Å². The van der Waals surface area contributed by atoms with Gasteiger partial charge in [-0.2, -0.15) is 0 Å². The first-order chi connectivity index (χ1) is 9.83. The molecule has 0 spiro atoms. The number of hydrogen-bond acceptors (Lipinski definition) is 2. The molecule has 0 saturated heterocycles. The van der Waals surface area contributed by atoms with Crippen molar-refractivity contribution in [2.45, 2.75) is 52.0 Å². The van der Waals surface area contributed by atoms with Crippen LogP contribution >= 0.6 is 0 Å². The van der Waals surface area contributed by atoms with Crippen molar-refractivity contribution >= 4 is 5.91 Å². The normalized spacial score (nSPS) is 10.4. The number of amides is 1. The Morgan fingerprint density at radius 3 is 2.45 bits per heavy atom. The van der Waals surface area contributed by atoms with Crippen LogP contribution in [0.4, 0.5) is 0 Å². The van der Waals surface area contributed by atoms with Crippen molar-refractivity contribution in [1.29, 1.82) is 0 Å². The number of rotatable bonds is 11. The lowest BCUT2D eigenvalue weighted by molar-refractivity contribution is -0.120. The molecule has 3 heteroatoms. The molecule has 0 unspecified atom stereocenters. The van der Waals surface area contributed by atoms with E-state index in [1.165, 1.54) is 32.1 Å². The Bertz CT molecular complexity index is 351. The summed E-state index contributed by atoms with van der Waals surface area (Å²) >= 11 is 0. The van der Waals surface area contributed by atoms with Crippen molar-refractivity contribution in [3.63, 3.8) is 0 Å². The van der Waals surface area contributed by atoms with Gasteiger partial charge in [0, 0.05) is 6.54 Å². The minimum absolute atomic E-state index is 0.0693. The van der Waals surface area contributed by atoms with Crippen LogP contribution in [-0.4, -0.2) is 19.0 Å². The third kappa shape index (κ3) is 8.70. The lowest BCUT2D eigenvalue weighted by Crippen LogP contribution is -2.33. The van der Waals surface area contributed by atoms with Gasteiger partial charge in [-0.15, -0.1) is 0 Å². The lowest BCUT2D eigenvalue weighted by Gasteiger charge is -2.07. The first-order valence-electron chi connectivity index (χ1n) is 7.84. The standard InChI is InChI=1S/C17H28N2O/c1-2-3-4-5-6-10-13-18-15-17(20)19-14-16-11-8-7-9-12-16/h7-9,11-12,18H,2-6,10,13-15H2,1H3,(H,19,20). The molecule has 0 aliphatic carbocycles. The SMILES string of the molecule is CCCCCCCCNCC(=O)NCc1ccccc1. The highest BCUT2D eigenvalue weighted by atomic mass is 16.1. The van der Waals surface area contributed by atoms with E-state index in [1.807, 2.05) is 30.3 Å². The zero-order valence-corrected chi connectivity index (χ0v) is 12.7. The molecule has 0 aromatic heterocycles. The first-order valence-corrected chi connectivity index (χ1v) is 7.84. The Morgan fingerprint density at radius 1 is 1.00 bits per heavy atom. The van der Waals surface area contributed by atoms with E-state index >= 15 is 0 Å². The van der Waals surface area contributed by atoms with E-state index < -0.39 is 0 Å². The van der Waals surface area contributed by atoms with E-state index in [2.05, 4.69) is 17.6 Å². The number of carbonyl (C=O) groups is 1. The topological polar surface area (TPSA) is 41.1 Å². The van der Waals surface area contributed by atoms with Gasteiger partial charge in [-0.05, 0) is 18.5 Å². The monoisotopic (exact) mass is 276 g/mol. The molecule has 0 bridgehead atoms. The van der Waals surface area contributed by atoms with Gasteiger partial charge in [-0.1, -0.05) is 69.4 Å². The Morgan fingerprint density at radius 2 is 1.70 bits per heavy atom. The van der Waals surface area contributed by atoms with Gasteiger partial charge in [0.1, 0.15) is 0 Å². The molecule has 1 aromatic carbocycles. The number of benzene rings is 1. The van der Waals surface area contributed by atoms with Crippen LogP contribution in [0.2, 0.25) is 0 Å². The van der Waals surface area contributed by atoms with Crippen molar-refractivity contribution in [3.05, 3.63) is 35.9 Å². The van der Waals surface area contributed by atoms with E-state index in [9.17, 15) is 4.79 Å². The summed E-state index contributed by atoms with van der Waals surface area (Å²) in [5.74, 6) is 0.0693. The molecule has 2 N–H and O–H groups in total. The summed E-state index contributed by atoms with van der Waals surface area (Å²) in [5.41, 5.74) is 1.14. The van der Waals surface area contributed by atoms with Crippen molar-refractivity contribution in [2.75, 3.05) is 13.1 Å². The van der Waals surface area contributed by atoms with Crippen molar-refractivity contribution in [1.82, 2.24) is 10.6 Å². The van der Waals surface area contributed by atoms with Crippen LogP contribution < -0.4 is 10.6 Å². The van der Waals surface area contributed by atoms with Crippen LogP contribution in [0.15, 0.2) is 30.3 Å². The predicted octanol–water partition coefficient (Wildman–Crippen LogP) is 3.25. The van der Waals surface area contributed by atoms with E-state index in [4.69, 9.17) is 0 Å². The highest BCUT2D eigenvalue weighted by molar-refractivity contribution is 5.77. The van der Waals surface area contributed by atoms with Crippen LogP contribution in [0.25, 0.3) is 0 Å². The fourth-order valence-corrected chi connectivity index (χ4v) is 2.09. The summed E-state index contributed by atoms with van der Waals surface area (Å²) in [5, 5.41) is 6.12. The van der Waals surface area contributed by atoms with Crippen LogP contribution in [0.1, 0.15) is 51.0 Å². The van der Waals surface area contributed by atoms with Gasteiger partial charge in [0.2, 0.25) is 5.91 Å². The number of carbonyl (C=O) groups excluding carboxylic acids is 1. The van der Waals surface area contributed by atoms with Gasteiger partial charge in [0.25, 0.3) is 0 Å². The highest BCUT2D eigenvalue weighted by Crippen LogP contribution is 2.03. The maximum absolute atomic E-state index is 11.6. The van der Waals surface area contributed by atoms with Crippen molar-refractivity contribution in [3.8, 4) is 0 Å². The van der Waals surface area contributed by atoms with E-state index in [-0.39, 0.29) is 5.91 Å². The molecule has 0 saturated carbocycles. The fourth-order valence-electron chi connectivity index (χ4n) is 2.09. The summed E-state index contributed by atoms with van der Waals surface area (Å²) in [6, 6.07) is 9.98. The maximum atomic E-state index is 11.6. The average molecular weight is 276 g/mol. The van der Waals surface area contributed by atoms with Gasteiger partial charge >= 0.3 is 0 Å². The van der Waals surface area contributed by atoms with Crippen LogP contribution in [0, 0.1) is 0 Å². The minimum Gasteiger partial charge on any atom is -0.351 e. The van der Waals surface area contributed by atoms with Crippen molar-refractivity contribution in [2.24, 2.45) is 0 Å². The van der Waals surface area contributed by atoms with Crippen molar-refractivity contribution < 1.29 is 4.79 Å². The van der Waals surface area contributed by atoms with Gasteiger partial charge in [0.05, 0.1) is 6.54 Å². The molecule has 112 valence electrons. The number of nitrogens with one attached hydrogen (secondary N) is 2. The van der Waals surface area contributed by atoms with Crippen LogP contribution in [-0.2, 0) is 11.3 Å². The molecule has 0 radical (unpaired) electrons. The Kier molecular flexibility index (Phi) is 9.58. The minimum atomic E-state index is 0.0693. The molecular formula is C17H28N2O. The smallest absolute Gasteiger partial charge is 0.234 e. The molecule has 0 atom stereocenters.